The molecule has 3 amide bonds. The number of benzene rings is 2. The van der Waals surface area contributed by atoms with Gasteiger partial charge in [0, 0.05) is 28.7 Å². The first kappa shape index (κ1) is 24.6. The number of nitrogens with zero attached hydrogens (tertiary/aromatic N) is 1. The van der Waals surface area contributed by atoms with Crippen LogP contribution in [0.15, 0.2) is 48.5 Å². The molecule has 0 saturated carbocycles. The summed E-state index contributed by atoms with van der Waals surface area (Å²) in [7, 11) is 2.09. The Morgan fingerprint density at radius 2 is 1.55 bits per heavy atom. The van der Waals surface area contributed by atoms with E-state index in [1.807, 2.05) is 0 Å². The van der Waals surface area contributed by atoms with Gasteiger partial charge in [-0.05, 0) is 75.4 Å². The number of amides is 3. The number of hydrogen-bond acceptors (Lipinski definition) is 4. The van der Waals surface area contributed by atoms with Crippen molar-refractivity contribution in [2.45, 2.75) is 18.9 Å². The van der Waals surface area contributed by atoms with Crippen molar-refractivity contribution < 1.29 is 9.59 Å². The largest absolute Gasteiger partial charge is 0.399 e. The molecule has 0 atom stereocenters. The number of nitrogens with one attached hydrogen (secondary N) is 3. The number of carbonyl (C=O) groups excluding carboxylic acids is 2. The van der Waals surface area contributed by atoms with E-state index in [2.05, 4.69) is 27.9 Å². The topological polar surface area (TPSA) is 99.5 Å². The van der Waals surface area contributed by atoms with Crippen molar-refractivity contribution in [1.82, 2.24) is 10.2 Å². The van der Waals surface area contributed by atoms with Gasteiger partial charge in [0.25, 0.3) is 5.91 Å². The molecule has 2 aromatic carbocycles. The second-order valence-corrected chi connectivity index (χ2v) is 6.83. The van der Waals surface area contributed by atoms with Gasteiger partial charge in [-0.25, -0.2) is 4.79 Å². The van der Waals surface area contributed by atoms with E-state index in [0.717, 1.165) is 25.9 Å². The second-order valence-electron chi connectivity index (χ2n) is 6.83. The summed E-state index contributed by atoms with van der Waals surface area (Å²) in [5, 5.41) is 8.64. The van der Waals surface area contributed by atoms with E-state index in [9.17, 15) is 9.59 Å². The fraction of sp³-hybridized carbons (Fsp3) is 0.300. The molecule has 0 radical (unpaired) electrons. The van der Waals surface area contributed by atoms with E-state index in [-0.39, 0.29) is 42.8 Å². The van der Waals surface area contributed by atoms with Crippen LogP contribution in [-0.4, -0.2) is 43.0 Å². The van der Waals surface area contributed by atoms with Gasteiger partial charge >= 0.3 is 6.03 Å². The molecule has 1 heterocycles. The van der Waals surface area contributed by atoms with Crippen LogP contribution in [0.25, 0.3) is 0 Å². The molecule has 5 N–H and O–H groups in total. The summed E-state index contributed by atoms with van der Waals surface area (Å²) in [6.07, 6.45) is 1.91. The Hall–Kier alpha value is -2.48. The van der Waals surface area contributed by atoms with Gasteiger partial charge in [0.15, 0.2) is 0 Å². The summed E-state index contributed by atoms with van der Waals surface area (Å²) >= 11 is 0. The molecular formula is C20H27Cl2N5O2. The van der Waals surface area contributed by atoms with Crippen molar-refractivity contribution in [1.29, 1.82) is 0 Å². The number of carbonyl (C=O) groups is 2. The minimum absolute atomic E-state index is 0. The van der Waals surface area contributed by atoms with Crippen LogP contribution in [0.5, 0.6) is 0 Å². The normalized spacial score (nSPS) is 14.1. The first-order valence-corrected chi connectivity index (χ1v) is 9.02. The van der Waals surface area contributed by atoms with E-state index >= 15 is 0 Å². The molecule has 9 heteroatoms. The molecule has 0 spiro atoms. The minimum Gasteiger partial charge on any atom is -0.399 e. The quantitative estimate of drug-likeness (QED) is 0.546. The molecule has 1 aliphatic heterocycles. The van der Waals surface area contributed by atoms with Crippen LogP contribution in [0.3, 0.4) is 0 Å². The number of nitrogens with two attached hydrogens (primary N) is 1. The number of urea groups is 1. The van der Waals surface area contributed by atoms with Crippen molar-refractivity contribution in [2.24, 2.45) is 0 Å². The highest BCUT2D eigenvalue weighted by molar-refractivity contribution is 6.04. The van der Waals surface area contributed by atoms with E-state index in [1.54, 1.807) is 48.5 Å². The van der Waals surface area contributed by atoms with Crippen molar-refractivity contribution in [3.63, 3.8) is 0 Å². The van der Waals surface area contributed by atoms with Gasteiger partial charge in [0.1, 0.15) is 0 Å². The maximum atomic E-state index is 12.2. The Morgan fingerprint density at radius 1 is 0.966 bits per heavy atom. The zero-order chi connectivity index (χ0) is 19.2. The summed E-state index contributed by atoms with van der Waals surface area (Å²) in [4.78, 5) is 26.6. The molecule has 0 aliphatic carbocycles. The van der Waals surface area contributed by atoms with Crippen molar-refractivity contribution in [3.8, 4) is 0 Å². The van der Waals surface area contributed by atoms with E-state index in [1.165, 1.54) is 0 Å². The highest BCUT2D eigenvalue weighted by atomic mass is 35.5. The average Bonchev–Trinajstić information content (AvgIpc) is 2.65. The van der Waals surface area contributed by atoms with E-state index in [4.69, 9.17) is 5.73 Å². The fourth-order valence-electron chi connectivity index (χ4n) is 3.03. The lowest BCUT2D eigenvalue weighted by atomic mass is 10.1. The number of halogens is 2. The van der Waals surface area contributed by atoms with Crippen LogP contribution >= 0.6 is 24.8 Å². The van der Waals surface area contributed by atoms with Gasteiger partial charge in [-0.3, -0.25) is 4.79 Å². The molecule has 0 aromatic heterocycles. The molecule has 1 saturated heterocycles. The highest BCUT2D eigenvalue weighted by Crippen LogP contribution is 2.16. The van der Waals surface area contributed by atoms with Crippen LogP contribution in [0, 0.1) is 0 Å². The molecule has 0 unspecified atom stereocenters. The lowest BCUT2D eigenvalue weighted by molar-refractivity contribution is 0.102. The molecule has 3 rings (SSSR count). The molecular weight excluding hydrogens is 413 g/mol. The molecule has 7 nitrogen and oxygen atoms in total. The lowest BCUT2D eigenvalue weighted by Gasteiger charge is -2.29. The van der Waals surface area contributed by atoms with Crippen LogP contribution in [-0.2, 0) is 0 Å². The maximum absolute atomic E-state index is 12.2. The number of anilines is 3. The summed E-state index contributed by atoms with van der Waals surface area (Å²) in [5.74, 6) is -0.233. The third-order valence-electron chi connectivity index (χ3n) is 4.60. The third kappa shape index (κ3) is 7.45. The molecule has 1 aliphatic rings. The van der Waals surface area contributed by atoms with Gasteiger partial charge in [-0.15, -0.1) is 24.8 Å². The van der Waals surface area contributed by atoms with Gasteiger partial charge in [0.2, 0.25) is 0 Å². The first-order valence-electron chi connectivity index (χ1n) is 9.02. The van der Waals surface area contributed by atoms with Crippen LogP contribution < -0.4 is 21.7 Å². The Labute approximate surface area is 183 Å². The molecule has 1 fully saturated rings. The summed E-state index contributed by atoms with van der Waals surface area (Å²) in [6.45, 7) is 1.98. The lowest BCUT2D eigenvalue weighted by Crippen LogP contribution is -2.44. The average molecular weight is 440 g/mol. The predicted octanol–water partition coefficient (Wildman–Crippen LogP) is 3.58. The molecule has 2 aromatic rings. The van der Waals surface area contributed by atoms with Crippen LogP contribution in [0.1, 0.15) is 23.2 Å². The Balaban J connectivity index is 0.00000210. The number of piperidine rings is 1. The number of rotatable bonds is 4. The Bertz CT molecular complexity index is 809. The van der Waals surface area contributed by atoms with Gasteiger partial charge in [0.05, 0.1) is 0 Å². The van der Waals surface area contributed by atoms with Crippen molar-refractivity contribution in [3.05, 3.63) is 54.1 Å². The standard InChI is InChI=1S/C20H25N5O2.2ClH/c1-25-11-9-18(10-12-25)24-20(27)23-17-7-5-16(6-8-17)22-19(26)14-3-2-4-15(21)13-14;;/h2-8,13,18H,9-12,21H2,1H3,(H,22,26)(H2,23,24,27);2*1H. The fourth-order valence-corrected chi connectivity index (χ4v) is 3.03. The first-order chi connectivity index (χ1) is 13.0. The Morgan fingerprint density at radius 3 is 2.14 bits per heavy atom. The zero-order valence-electron chi connectivity index (χ0n) is 16.2. The predicted molar refractivity (Wildman–Crippen MR) is 122 cm³/mol. The van der Waals surface area contributed by atoms with E-state index in [0.29, 0.717) is 22.6 Å². The Kier molecular flexibility index (Phi) is 9.74. The monoisotopic (exact) mass is 439 g/mol. The minimum atomic E-state index is -0.233. The summed E-state index contributed by atoms with van der Waals surface area (Å²) in [5.41, 5.74) is 8.05. The SMILES string of the molecule is CN1CCC(NC(=O)Nc2ccc(NC(=O)c3cccc(N)c3)cc2)CC1.Cl.Cl. The van der Waals surface area contributed by atoms with Crippen molar-refractivity contribution >= 4 is 53.8 Å². The summed E-state index contributed by atoms with van der Waals surface area (Å²) in [6, 6.07) is 13.8. The van der Waals surface area contributed by atoms with E-state index < -0.39 is 0 Å². The molecule has 29 heavy (non-hydrogen) atoms. The highest BCUT2D eigenvalue weighted by Gasteiger charge is 2.18. The van der Waals surface area contributed by atoms with Gasteiger partial charge < -0.3 is 26.6 Å². The second kappa shape index (κ2) is 11.5. The van der Waals surface area contributed by atoms with Gasteiger partial charge in [-0.1, -0.05) is 6.07 Å². The number of hydrogen-bond donors (Lipinski definition) is 4. The van der Waals surface area contributed by atoms with Crippen LogP contribution in [0.2, 0.25) is 0 Å². The number of nitrogen functional groups attached to an aromatic ring is 1. The third-order valence-corrected chi connectivity index (χ3v) is 4.60. The summed E-state index contributed by atoms with van der Waals surface area (Å²) < 4.78 is 0. The maximum Gasteiger partial charge on any atom is 0.319 e. The number of likely N-dealkylation sites (tertiary alicyclic amines) is 1. The molecule has 158 valence electrons. The van der Waals surface area contributed by atoms with Gasteiger partial charge in [-0.2, -0.15) is 0 Å². The van der Waals surface area contributed by atoms with Crippen molar-refractivity contribution in [2.75, 3.05) is 36.5 Å². The van der Waals surface area contributed by atoms with Crippen LogP contribution in [0.4, 0.5) is 21.9 Å². The zero-order valence-corrected chi connectivity index (χ0v) is 17.8. The smallest absolute Gasteiger partial charge is 0.319 e. The molecule has 0 bridgehead atoms.